The fraction of sp³-hybridized carbons (Fsp3) is 0.333. The van der Waals surface area contributed by atoms with Crippen LogP contribution in [0.4, 0.5) is 0 Å². The molecule has 3 heterocycles. The second-order valence-electron chi connectivity index (χ2n) is 7.02. The number of para-hydroxylation sites is 1. The lowest BCUT2D eigenvalue weighted by Gasteiger charge is -2.31. The third-order valence-electron chi connectivity index (χ3n) is 5.13. The normalized spacial score (nSPS) is 14.7. The Balaban J connectivity index is 1.22. The maximum Gasteiger partial charge on any atom is 0.260 e. The Hall–Kier alpha value is -3.42. The summed E-state index contributed by atoms with van der Waals surface area (Å²) >= 11 is 0. The number of carbonyl (C=O) groups excluding carboxylic acids is 2. The Morgan fingerprint density at radius 2 is 1.79 bits per heavy atom. The molecule has 29 heavy (non-hydrogen) atoms. The van der Waals surface area contributed by atoms with Crippen LogP contribution in [0.5, 0.6) is 5.75 Å². The summed E-state index contributed by atoms with van der Waals surface area (Å²) in [5.74, 6) is 1.21. The van der Waals surface area contributed by atoms with Crippen LogP contribution >= 0.6 is 0 Å². The fourth-order valence-electron chi connectivity index (χ4n) is 3.47. The summed E-state index contributed by atoms with van der Waals surface area (Å²) in [5, 5.41) is 11.2. The number of likely N-dealkylation sites (tertiary alicyclic amines) is 1. The number of aromatic nitrogens is 3. The van der Waals surface area contributed by atoms with Gasteiger partial charge in [0, 0.05) is 25.2 Å². The molecule has 1 N–H and O–H groups in total. The second kappa shape index (κ2) is 8.72. The molecule has 1 aliphatic heterocycles. The molecule has 0 radical (unpaired) electrons. The average molecular weight is 393 g/mol. The van der Waals surface area contributed by atoms with Gasteiger partial charge in [-0.05, 0) is 37.1 Å². The molecule has 1 saturated heterocycles. The molecule has 2 amide bonds. The monoisotopic (exact) mass is 393 g/mol. The van der Waals surface area contributed by atoms with Gasteiger partial charge in [0.05, 0.1) is 6.54 Å². The Morgan fingerprint density at radius 1 is 1.03 bits per heavy atom. The molecule has 1 aliphatic rings. The second-order valence-corrected chi connectivity index (χ2v) is 7.02. The lowest BCUT2D eigenvalue weighted by atomic mass is 9.96. The van der Waals surface area contributed by atoms with Gasteiger partial charge in [-0.15, -0.1) is 10.2 Å². The first-order chi connectivity index (χ1) is 14.2. The van der Waals surface area contributed by atoms with Crippen molar-refractivity contribution in [3.63, 3.8) is 0 Å². The zero-order valence-electron chi connectivity index (χ0n) is 16.0. The van der Waals surface area contributed by atoms with E-state index in [0.717, 1.165) is 5.65 Å². The van der Waals surface area contributed by atoms with Crippen molar-refractivity contribution in [2.75, 3.05) is 19.7 Å². The highest BCUT2D eigenvalue weighted by Gasteiger charge is 2.27. The number of rotatable bonds is 6. The van der Waals surface area contributed by atoms with Gasteiger partial charge < -0.3 is 15.0 Å². The van der Waals surface area contributed by atoms with Crippen molar-refractivity contribution in [2.24, 2.45) is 5.92 Å². The molecule has 8 heteroatoms. The number of ether oxygens (including phenoxy) is 1. The van der Waals surface area contributed by atoms with E-state index < -0.39 is 0 Å². The maximum absolute atomic E-state index is 12.5. The summed E-state index contributed by atoms with van der Waals surface area (Å²) in [7, 11) is 0. The van der Waals surface area contributed by atoms with Crippen LogP contribution in [0.25, 0.3) is 5.65 Å². The number of nitrogens with zero attached hydrogens (tertiary/aromatic N) is 4. The lowest BCUT2D eigenvalue weighted by Crippen LogP contribution is -2.44. The van der Waals surface area contributed by atoms with E-state index in [4.69, 9.17) is 4.74 Å². The summed E-state index contributed by atoms with van der Waals surface area (Å²) in [6.45, 7) is 1.46. The van der Waals surface area contributed by atoms with E-state index in [2.05, 4.69) is 15.5 Å². The number of hydrogen-bond donors (Lipinski definition) is 1. The summed E-state index contributed by atoms with van der Waals surface area (Å²) in [6.07, 6.45) is 3.16. The van der Waals surface area contributed by atoms with E-state index in [1.54, 1.807) is 4.90 Å². The third-order valence-corrected chi connectivity index (χ3v) is 5.13. The highest BCUT2D eigenvalue weighted by atomic mass is 16.5. The standard InChI is InChI=1S/C21H23N5O3/c27-20(15-29-17-6-2-1-3-7-17)25-12-9-16(10-13-25)21(28)22-14-19-24-23-18-8-4-5-11-26(18)19/h1-8,11,16H,9-10,12-15H2,(H,22,28). The number of hydrogen-bond acceptors (Lipinski definition) is 5. The van der Waals surface area contributed by atoms with Crippen LogP contribution in [0, 0.1) is 5.92 Å². The van der Waals surface area contributed by atoms with Gasteiger partial charge in [-0.3, -0.25) is 14.0 Å². The van der Waals surface area contributed by atoms with Crippen LogP contribution in [0.3, 0.4) is 0 Å². The largest absolute Gasteiger partial charge is 0.484 e. The van der Waals surface area contributed by atoms with E-state index >= 15 is 0 Å². The van der Waals surface area contributed by atoms with E-state index in [-0.39, 0.29) is 24.3 Å². The first-order valence-electron chi connectivity index (χ1n) is 9.72. The molecule has 0 saturated carbocycles. The van der Waals surface area contributed by atoms with Crippen molar-refractivity contribution < 1.29 is 14.3 Å². The van der Waals surface area contributed by atoms with Gasteiger partial charge in [0.25, 0.3) is 5.91 Å². The summed E-state index contributed by atoms with van der Waals surface area (Å²) < 4.78 is 7.38. The minimum atomic E-state index is -0.103. The van der Waals surface area contributed by atoms with Crippen molar-refractivity contribution in [1.82, 2.24) is 24.8 Å². The molecule has 0 unspecified atom stereocenters. The maximum atomic E-state index is 12.5. The number of pyridine rings is 1. The Morgan fingerprint density at radius 3 is 2.59 bits per heavy atom. The molecule has 150 valence electrons. The fourth-order valence-corrected chi connectivity index (χ4v) is 3.47. The van der Waals surface area contributed by atoms with Crippen LogP contribution in [0.1, 0.15) is 18.7 Å². The van der Waals surface area contributed by atoms with Crippen LogP contribution in [-0.4, -0.2) is 51.0 Å². The minimum Gasteiger partial charge on any atom is -0.484 e. The van der Waals surface area contributed by atoms with Gasteiger partial charge in [-0.2, -0.15) is 0 Å². The molecule has 8 nitrogen and oxygen atoms in total. The van der Waals surface area contributed by atoms with Gasteiger partial charge in [0.15, 0.2) is 18.1 Å². The molecule has 1 aromatic carbocycles. The predicted octanol–water partition coefficient (Wildman–Crippen LogP) is 1.66. The van der Waals surface area contributed by atoms with Crippen molar-refractivity contribution in [3.8, 4) is 5.75 Å². The molecule has 0 atom stereocenters. The Bertz CT molecular complexity index is 980. The van der Waals surface area contributed by atoms with E-state index in [1.807, 2.05) is 59.1 Å². The molecule has 0 spiro atoms. The smallest absolute Gasteiger partial charge is 0.260 e. The summed E-state index contributed by atoms with van der Waals surface area (Å²) in [4.78, 5) is 26.6. The van der Waals surface area contributed by atoms with Crippen LogP contribution < -0.4 is 10.1 Å². The quantitative estimate of drug-likeness (QED) is 0.688. The van der Waals surface area contributed by atoms with Gasteiger partial charge in [0.2, 0.25) is 5.91 Å². The van der Waals surface area contributed by atoms with Crippen LogP contribution in [0.2, 0.25) is 0 Å². The highest BCUT2D eigenvalue weighted by Crippen LogP contribution is 2.18. The molecule has 1 fully saturated rings. The van der Waals surface area contributed by atoms with E-state index in [9.17, 15) is 9.59 Å². The molecule has 0 bridgehead atoms. The van der Waals surface area contributed by atoms with Gasteiger partial charge in [-0.25, -0.2) is 0 Å². The SMILES string of the molecule is O=C(NCc1nnc2ccccn12)C1CCN(C(=O)COc2ccccc2)CC1. The van der Waals surface area contributed by atoms with Crippen LogP contribution in [0.15, 0.2) is 54.7 Å². The number of fused-ring (bicyclic) bond motifs is 1. The van der Waals surface area contributed by atoms with E-state index in [0.29, 0.717) is 44.0 Å². The number of carbonyl (C=O) groups is 2. The molecular weight excluding hydrogens is 370 g/mol. The molecule has 3 aromatic rings. The van der Waals surface area contributed by atoms with Crippen molar-refractivity contribution in [1.29, 1.82) is 0 Å². The first kappa shape index (κ1) is 18.9. The van der Waals surface area contributed by atoms with Gasteiger partial charge in [-0.1, -0.05) is 24.3 Å². The number of nitrogens with one attached hydrogen (secondary N) is 1. The van der Waals surface area contributed by atoms with Gasteiger partial charge >= 0.3 is 0 Å². The number of amides is 2. The summed E-state index contributed by atoms with van der Waals surface area (Å²) in [6, 6.07) is 14.9. The predicted molar refractivity (Wildman–Crippen MR) is 106 cm³/mol. The number of benzene rings is 1. The molecule has 2 aromatic heterocycles. The van der Waals surface area contributed by atoms with Crippen LogP contribution in [-0.2, 0) is 16.1 Å². The minimum absolute atomic E-state index is 0.00897. The zero-order valence-corrected chi connectivity index (χ0v) is 16.0. The average Bonchev–Trinajstić information content (AvgIpc) is 3.20. The van der Waals surface area contributed by atoms with Crippen molar-refractivity contribution in [2.45, 2.75) is 19.4 Å². The van der Waals surface area contributed by atoms with Crippen molar-refractivity contribution in [3.05, 3.63) is 60.6 Å². The molecular formula is C21H23N5O3. The highest BCUT2D eigenvalue weighted by molar-refractivity contribution is 5.80. The third kappa shape index (κ3) is 4.53. The topological polar surface area (TPSA) is 88.8 Å². The molecule has 4 rings (SSSR count). The van der Waals surface area contributed by atoms with E-state index in [1.165, 1.54) is 0 Å². The lowest BCUT2D eigenvalue weighted by molar-refractivity contribution is -0.137. The first-order valence-corrected chi connectivity index (χ1v) is 9.72. The molecule has 0 aliphatic carbocycles. The van der Waals surface area contributed by atoms with Crippen molar-refractivity contribution >= 4 is 17.5 Å². The number of piperidine rings is 1. The Labute approximate surface area is 168 Å². The Kier molecular flexibility index (Phi) is 5.69. The summed E-state index contributed by atoms with van der Waals surface area (Å²) in [5.41, 5.74) is 0.751. The van der Waals surface area contributed by atoms with Gasteiger partial charge in [0.1, 0.15) is 5.75 Å². The zero-order chi connectivity index (χ0) is 20.1.